The number of rotatable bonds is 7. The van der Waals surface area contributed by atoms with E-state index in [9.17, 15) is 0 Å². The number of benzene rings is 5. The van der Waals surface area contributed by atoms with Crippen LogP contribution in [-0.4, -0.2) is 18.0 Å². The zero-order valence-corrected chi connectivity index (χ0v) is 34.6. The van der Waals surface area contributed by atoms with Crippen molar-refractivity contribution in [3.05, 3.63) is 163 Å². The molecule has 0 spiro atoms. The van der Waals surface area contributed by atoms with Gasteiger partial charge in [0.15, 0.2) is 0 Å². The van der Waals surface area contributed by atoms with Crippen molar-refractivity contribution in [1.29, 1.82) is 0 Å². The zero-order chi connectivity index (χ0) is 36.2. The van der Waals surface area contributed by atoms with Crippen LogP contribution in [0, 0.1) is 25.0 Å². The van der Waals surface area contributed by atoms with Crippen molar-refractivity contribution in [3.63, 3.8) is 0 Å². The van der Waals surface area contributed by atoms with Gasteiger partial charge in [0, 0.05) is 43.4 Å². The van der Waals surface area contributed by atoms with Crippen LogP contribution < -0.4 is 5.19 Å². The first kappa shape index (κ1) is 37.8. The number of furan rings is 1. The predicted molar refractivity (Wildman–Crippen MR) is 221 cm³/mol. The Hall–Kier alpha value is -4.93. The minimum absolute atomic E-state index is 0. The first-order chi connectivity index (χ1) is 25.2. The average Bonchev–Trinajstić information content (AvgIpc) is 3.55. The number of hydrogen-bond acceptors (Lipinski definition) is 3. The molecule has 0 aliphatic carbocycles. The number of pyridine rings is 2. The van der Waals surface area contributed by atoms with Crippen LogP contribution in [0.1, 0.15) is 25.0 Å². The monoisotopic (exact) mass is 885 g/mol. The van der Waals surface area contributed by atoms with Gasteiger partial charge >= 0.3 is 0 Å². The first-order valence-corrected chi connectivity index (χ1v) is 21.6. The number of aryl methyl sites for hydroxylation is 1. The standard InChI is InChI=1S/C30H20NO.C18H24NSi.Ir/c1-20-18-27(31-19-26(20)22-12-6-3-7-13-22)24-15-8-16-25-29-23(21-10-4-2-5-11-21)14-9-17-28(29)32-30(24)25;1-14(2)11-16-12-17(15-9-7-6-8-10-15)19-13-18(16)20(3,4)5;/h2-14,16-19H,1H3;6-9,12-14H,11H2,1-5H3;/q2*-1;. The Morgan fingerprint density at radius 3 is 2.00 bits per heavy atom. The van der Waals surface area contributed by atoms with Gasteiger partial charge in [0.1, 0.15) is 5.58 Å². The van der Waals surface area contributed by atoms with E-state index in [1.165, 1.54) is 33.0 Å². The fraction of sp³-hybridized carbons (Fsp3) is 0.167. The van der Waals surface area contributed by atoms with Crippen molar-refractivity contribution >= 4 is 35.2 Å². The molecule has 53 heavy (non-hydrogen) atoms. The number of hydrogen-bond donors (Lipinski definition) is 0. The van der Waals surface area contributed by atoms with E-state index in [1.54, 1.807) is 0 Å². The number of fused-ring (bicyclic) bond motifs is 3. The summed E-state index contributed by atoms with van der Waals surface area (Å²) in [6.07, 6.45) is 5.19. The molecule has 8 aromatic rings. The van der Waals surface area contributed by atoms with Gasteiger partial charge in [-0.25, -0.2) is 0 Å². The van der Waals surface area contributed by atoms with Gasteiger partial charge in [-0.05, 0) is 64.2 Å². The van der Waals surface area contributed by atoms with Crippen molar-refractivity contribution in [3.8, 4) is 44.8 Å². The second-order valence-electron chi connectivity index (χ2n) is 14.8. The molecule has 0 fully saturated rings. The smallest absolute Gasteiger partial charge is 0.121 e. The number of aromatic nitrogens is 2. The van der Waals surface area contributed by atoms with E-state index < -0.39 is 8.07 Å². The van der Waals surface area contributed by atoms with Gasteiger partial charge in [-0.2, -0.15) is 0 Å². The fourth-order valence-corrected chi connectivity index (χ4v) is 8.52. The third kappa shape index (κ3) is 8.34. The van der Waals surface area contributed by atoms with Crippen LogP contribution in [0.2, 0.25) is 19.6 Å². The Morgan fingerprint density at radius 1 is 0.679 bits per heavy atom. The van der Waals surface area contributed by atoms with Crippen LogP contribution >= 0.6 is 0 Å². The second kappa shape index (κ2) is 16.4. The summed E-state index contributed by atoms with van der Waals surface area (Å²) in [7, 11) is -1.34. The molecule has 0 atom stereocenters. The van der Waals surface area contributed by atoms with E-state index in [4.69, 9.17) is 9.40 Å². The summed E-state index contributed by atoms with van der Waals surface area (Å²) >= 11 is 0. The molecule has 1 radical (unpaired) electrons. The van der Waals surface area contributed by atoms with Gasteiger partial charge < -0.3 is 14.4 Å². The normalized spacial score (nSPS) is 11.3. The molecule has 3 heterocycles. The molecule has 0 N–H and O–H groups in total. The molecule has 0 amide bonds. The van der Waals surface area contributed by atoms with E-state index in [0.29, 0.717) is 5.92 Å². The molecule has 267 valence electrons. The minimum atomic E-state index is -1.34. The van der Waals surface area contributed by atoms with Crippen LogP contribution in [-0.2, 0) is 26.5 Å². The van der Waals surface area contributed by atoms with Crippen molar-refractivity contribution in [2.45, 2.75) is 46.8 Å². The first-order valence-electron chi connectivity index (χ1n) is 18.1. The van der Waals surface area contributed by atoms with E-state index in [2.05, 4.69) is 143 Å². The summed E-state index contributed by atoms with van der Waals surface area (Å²) < 4.78 is 6.38. The van der Waals surface area contributed by atoms with E-state index in [-0.39, 0.29) is 20.1 Å². The molecule has 0 bridgehead atoms. The minimum Gasteiger partial charge on any atom is -0.501 e. The molecule has 5 aromatic carbocycles. The Morgan fingerprint density at radius 2 is 1.36 bits per heavy atom. The zero-order valence-electron chi connectivity index (χ0n) is 31.2. The van der Waals surface area contributed by atoms with Crippen molar-refractivity contribution in [1.82, 2.24) is 9.97 Å². The molecule has 0 aliphatic rings. The van der Waals surface area contributed by atoms with Crippen LogP contribution in [0.15, 0.2) is 144 Å². The molecule has 0 aliphatic heterocycles. The Labute approximate surface area is 328 Å². The third-order valence-electron chi connectivity index (χ3n) is 9.40. The van der Waals surface area contributed by atoms with Gasteiger partial charge in [0.25, 0.3) is 0 Å². The summed E-state index contributed by atoms with van der Waals surface area (Å²) in [5.74, 6) is 0.667. The average molecular weight is 885 g/mol. The molecule has 5 heteroatoms. The largest absolute Gasteiger partial charge is 0.501 e. The molecular formula is C48H44IrN2OSi-2. The fourth-order valence-electron chi connectivity index (χ4n) is 6.93. The van der Waals surface area contributed by atoms with Crippen LogP contribution in [0.3, 0.4) is 0 Å². The van der Waals surface area contributed by atoms with E-state index in [0.717, 1.165) is 56.4 Å². The van der Waals surface area contributed by atoms with Crippen LogP contribution in [0.4, 0.5) is 0 Å². The van der Waals surface area contributed by atoms with Crippen LogP contribution in [0.25, 0.3) is 66.7 Å². The van der Waals surface area contributed by atoms with E-state index >= 15 is 0 Å². The molecular weight excluding hydrogens is 841 g/mol. The van der Waals surface area contributed by atoms with Crippen molar-refractivity contribution in [2.75, 3.05) is 0 Å². The summed E-state index contributed by atoms with van der Waals surface area (Å²) in [5.41, 5.74) is 12.9. The topological polar surface area (TPSA) is 38.9 Å². The Balaban J connectivity index is 0.000000199. The Kier molecular flexibility index (Phi) is 11.7. The summed E-state index contributed by atoms with van der Waals surface area (Å²) in [6.45, 7) is 13.9. The summed E-state index contributed by atoms with van der Waals surface area (Å²) in [4.78, 5) is 9.48. The predicted octanol–water partition coefficient (Wildman–Crippen LogP) is 12.4. The number of nitrogens with zero attached hydrogens (tertiary/aromatic N) is 2. The Bertz CT molecular complexity index is 2450. The maximum absolute atomic E-state index is 6.38. The van der Waals surface area contributed by atoms with E-state index in [1.807, 2.05) is 54.7 Å². The summed E-state index contributed by atoms with van der Waals surface area (Å²) in [5, 5.41) is 3.70. The maximum atomic E-state index is 6.38. The molecule has 8 rings (SSSR count). The van der Waals surface area contributed by atoms with Gasteiger partial charge in [-0.3, -0.25) is 0 Å². The molecule has 0 saturated heterocycles. The molecule has 0 unspecified atom stereocenters. The van der Waals surface area contributed by atoms with Gasteiger partial charge in [-0.15, -0.1) is 54.1 Å². The SMILES string of the molecule is CC(C)Cc1cc(-c2[c-]cccc2)ncc1[Si](C)(C)C.Cc1cc(-c2[c-]ccc3c2oc2cccc(-c4ccccc4)c23)ncc1-c1ccccc1.[Ir]. The van der Waals surface area contributed by atoms with Gasteiger partial charge in [0.2, 0.25) is 0 Å². The van der Waals surface area contributed by atoms with Crippen LogP contribution in [0.5, 0.6) is 0 Å². The molecule has 0 saturated carbocycles. The second-order valence-corrected chi connectivity index (χ2v) is 19.9. The molecule has 3 aromatic heterocycles. The van der Waals surface area contributed by atoms with Crippen molar-refractivity contribution in [2.24, 2.45) is 5.92 Å². The quantitative estimate of drug-likeness (QED) is 0.118. The maximum Gasteiger partial charge on any atom is 0.121 e. The summed E-state index contributed by atoms with van der Waals surface area (Å²) in [6, 6.07) is 50.2. The van der Waals surface area contributed by atoms with Gasteiger partial charge in [-0.1, -0.05) is 135 Å². The third-order valence-corrected chi connectivity index (χ3v) is 11.5. The molecule has 3 nitrogen and oxygen atoms in total. The van der Waals surface area contributed by atoms with Gasteiger partial charge in [0.05, 0.1) is 13.7 Å². The van der Waals surface area contributed by atoms with Crippen molar-refractivity contribution < 1.29 is 24.5 Å².